The molecule has 0 aromatic rings. The lowest BCUT2D eigenvalue weighted by atomic mass is 9.96. The lowest BCUT2D eigenvalue weighted by Crippen LogP contribution is -2.27. The molecule has 9 heavy (non-hydrogen) atoms. The molecule has 1 radical (unpaired) electrons. The molecule has 1 aliphatic carbocycles. The first-order valence-corrected chi connectivity index (χ1v) is 3.41. The standard InChI is InChI=1S/C6H11F2N/c7-9(8)6-4-2-1-3-5-6/h6H,1-5H2/q+1. The van der Waals surface area contributed by atoms with Crippen molar-refractivity contribution in [2.24, 2.45) is 0 Å². The molecule has 0 unspecified atom stereocenters. The lowest BCUT2D eigenvalue weighted by molar-refractivity contribution is -0.0848. The maximum absolute atomic E-state index is 11.8. The van der Waals surface area contributed by atoms with Crippen LogP contribution in [0, 0.1) is 0 Å². The zero-order valence-electron chi connectivity index (χ0n) is 5.32. The molecule has 0 atom stereocenters. The average Bonchev–Trinajstić information content (AvgIpc) is 1.90. The Kier molecular flexibility index (Phi) is 2.39. The van der Waals surface area contributed by atoms with E-state index in [0.717, 1.165) is 19.3 Å². The van der Waals surface area contributed by atoms with Gasteiger partial charge in [-0.25, -0.2) is 0 Å². The van der Waals surface area contributed by atoms with E-state index in [-0.39, 0.29) is 0 Å². The van der Waals surface area contributed by atoms with Crippen LogP contribution in [0.1, 0.15) is 32.1 Å². The zero-order valence-corrected chi connectivity index (χ0v) is 5.32. The Hall–Kier alpha value is -0.180. The van der Waals surface area contributed by atoms with Crippen molar-refractivity contribution in [3.8, 4) is 0 Å². The molecule has 1 aliphatic rings. The normalized spacial score (nSPS) is 23.0. The van der Waals surface area contributed by atoms with Crippen LogP contribution in [-0.4, -0.2) is 6.04 Å². The van der Waals surface area contributed by atoms with Gasteiger partial charge < -0.3 is 0 Å². The predicted molar refractivity (Wildman–Crippen MR) is 31.2 cm³/mol. The van der Waals surface area contributed by atoms with Gasteiger partial charge in [-0.3, -0.25) is 0 Å². The van der Waals surface area contributed by atoms with E-state index in [9.17, 15) is 8.96 Å². The van der Waals surface area contributed by atoms with Gasteiger partial charge in [0.25, 0.3) is 5.34 Å². The van der Waals surface area contributed by atoms with Crippen LogP contribution in [0.25, 0.3) is 0 Å². The molecule has 0 bridgehead atoms. The fourth-order valence-corrected chi connectivity index (χ4v) is 1.28. The molecule has 53 valence electrons. The highest BCUT2D eigenvalue weighted by molar-refractivity contribution is 4.68. The molecule has 0 spiro atoms. The Morgan fingerprint density at radius 1 is 1.00 bits per heavy atom. The third-order valence-corrected chi connectivity index (χ3v) is 1.85. The third kappa shape index (κ3) is 1.90. The molecular formula is C6H11F2N+. The van der Waals surface area contributed by atoms with Gasteiger partial charge in [0.15, 0.2) is 0 Å². The summed E-state index contributed by atoms with van der Waals surface area (Å²) in [6, 6.07) is -0.446. The summed E-state index contributed by atoms with van der Waals surface area (Å²) >= 11 is 0. The first-order valence-electron chi connectivity index (χ1n) is 3.41. The van der Waals surface area contributed by atoms with E-state index in [1.807, 2.05) is 0 Å². The molecule has 0 aliphatic heterocycles. The Morgan fingerprint density at radius 2 is 1.56 bits per heavy atom. The van der Waals surface area contributed by atoms with Crippen LogP contribution in [0.2, 0.25) is 0 Å². The summed E-state index contributed by atoms with van der Waals surface area (Å²) in [5, 5.41) is -0.640. The van der Waals surface area contributed by atoms with E-state index in [1.165, 1.54) is 0 Å². The number of halogens is 2. The van der Waals surface area contributed by atoms with Gasteiger partial charge >= 0.3 is 0 Å². The quantitative estimate of drug-likeness (QED) is 0.486. The molecule has 0 aromatic carbocycles. The van der Waals surface area contributed by atoms with Crippen LogP contribution >= 0.6 is 0 Å². The minimum absolute atomic E-state index is 0.446. The van der Waals surface area contributed by atoms with Crippen LogP contribution in [0.4, 0.5) is 8.96 Å². The van der Waals surface area contributed by atoms with Gasteiger partial charge in [0.2, 0.25) is 6.04 Å². The molecule has 0 N–H and O–H groups in total. The first kappa shape index (κ1) is 6.93. The van der Waals surface area contributed by atoms with Crippen LogP contribution < -0.4 is 5.34 Å². The van der Waals surface area contributed by atoms with E-state index in [1.54, 1.807) is 0 Å². The van der Waals surface area contributed by atoms with Crippen molar-refractivity contribution in [1.82, 2.24) is 5.34 Å². The Bertz CT molecular complexity index is 79.1. The molecule has 0 saturated heterocycles. The Labute approximate surface area is 53.5 Å². The summed E-state index contributed by atoms with van der Waals surface area (Å²) in [5.74, 6) is 0. The highest BCUT2D eigenvalue weighted by atomic mass is 19.4. The van der Waals surface area contributed by atoms with Gasteiger partial charge in [-0.05, 0) is 12.8 Å². The van der Waals surface area contributed by atoms with Crippen molar-refractivity contribution < 1.29 is 8.96 Å². The summed E-state index contributed by atoms with van der Waals surface area (Å²) in [5.41, 5.74) is 0. The fraction of sp³-hybridized carbons (Fsp3) is 1.00. The number of nitrogens with zero attached hydrogens (tertiary/aromatic N) is 1. The number of rotatable bonds is 1. The van der Waals surface area contributed by atoms with E-state index in [0.29, 0.717) is 12.8 Å². The fourth-order valence-electron chi connectivity index (χ4n) is 1.28. The SMILES string of the molecule is F[N+](F)C1CCCCC1. The van der Waals surface area contributed by atoms with Gasteiger partial charge in [-0.15, -0.1) is 0 Å². The molecule has 1 nitrogen and oxygen atoms in total. The molecule has 1 rings (SSSR count). The number of hydrogen-bond donors (Lipinski definition) is 0. The highest BCUT2D eigenvalue weighted by Crippen LogP contribution is 2.21. The van der Waals surface area contributed by atoms with E-state index in [2.05, 4.69) is 0 Å². The highest BCUT2D eigenvalue weighted by Gasteiger charge is 2.32. The average molecular weight is 135 g/mol. The number of hydrogen-bond acceptors (Lipinski definition) is 1. The first-order chi connectivity index (χ1) is 4.30. The van der Waals surface area contributed by atoms with E-state index < -0.39 is 11.4 Å². The molecule has 3 heteroatoms. The van der Waals surface area contributed by atoms with Crippen molar-refractivity contribution in [2.45, 2.75) is 38.1 Å². The molecular weight excluding hydrogens is 124 g/mol. The van der Waals surface area contributed by atoms with Crippen molar-refractivity contribution >= 4 is 0 Å². The van der Waals surface area contributed by atoms with Gasteiger partial charge in [0.1, 0.15) is 8.96 Å². The smallest absolute Gasteiger partial charge is 0.0528 e. The minimum Gasteiger partial charge on any atom is -0.0528 e. The monoisotopic (exact) mass is 135 g/mol. The summed E-state index contributed by atoms with van der Waals surface area (Å²) in [6.07, 6.45) is 4.41. The summed E-state index contributed by atoms with van der Waals surface area (Å²) in [4.78, 5) is 0. The van der Waals surface area contributed by atoms with Crippen molar-refractivity contribution in [1.29, 1.82) is 0 Å². The lowest BCUT2D eigenvalue weighted by Gasteiger charge is -2.11. The van der Waals surface area contributed by atoms with Crippen molar-refractivity contribution in [3.63, 3.8) is 0 Å². The molecule has 0 amide bonds. The second-order valence-electron chi connectivity index (χ2n) is 2.55. The second kappa shape index (κ2) is 3.11. The van der Waals surface area contributed by atoms with Crippen molar-refractivity contribution in [3.05, 3.63) is 0 Å². The maximum atomic E-state index is 11.8. The van der Waals surface area contributed by atoms with Crippen LogP contribution in [0.15, 0.2) is 0 Å². The van der Waals surface area contributed by atoms with Crippen LogP contribution in [0.3, 0.4) is 0 Å². The van der Waals surface area contributed by atoms with Crippen molar-refractivity contribution in [2.75, 3.05) is 0 Å². The largest absolute Gasteiger partial charge is 0.271 e. The van der Waals surface area contributed by atoms with Gasteiger partial charge in [0, 0.05) is 12.8 Å². The summed E-state index contributed by atoms with van der Waals surface area (Å²) < 4.78 is 23.5. The molecule has 0 heterocycles. The minimum atomic E-state index is -0.640. The van der Waals surface area contributed by atoms with Gasteiger partial charge in [-0.1, -0.05) is 6.42 Å². The van der Waals surface area contributed by atoms with Gasteiger partial charge in [-0.2, -0.15) is 0 Å². The summed E-state index contributed by atoms with van der Waals surface area (Å²) in [6.45, 7) is 0. The summed E-state index contributed by atoms with van der Waals surface area (Å²) in [7, 11) is 0. The molecule has 0 aromatic heterocycles. The Morgan fingerprint density at radius 3 is 1.89 bits per heavy atom. The zero-order chi connectivity index (χ0) is 6.69. The second-order valence-corrected chi connectivity index (χ2v) is 2.55. The maximum Gasteiger partial charge on any atom is 0.271 e. The van der Waals surface area contributed by atoms with E-state index >= 15 is 0 Å². The van der Waals surface area contributed by atoms with Gasteiger partial charge in [0.05, 0.1) is 0 Å². The third-order valence-electron chi connectivity index (χ3n) is 1.85. The predicted octanol–water partition coefficient (Wildman–Crippen LogP) is 2.23. The Balaban J connectivity index is 2.23. The molecule has 1 fully saturated rings. The van der Waals surface area contributed by atoms with E-state index in [4.69, 9.17) is 0 Å². The molecule has 1 saturated carbocycles. The van der Waals surface area contributed by atoms with Crippen LogP contribution in [-0.2, 0) is 0 Å². The van der Waals surface area contributed by atoms with Crippen LogP contribution in [0.5, 0.6) is 0 Å². The topological polar surface area (TPSA) is 5.90 Å².